The monoisotopic (exact) mass is 358 g/mol. The zero-order valence-electron chi connectivity index (χ0n) is 13.6. The molecule has 1 aromatic rings. The van der Waals surface area contributed by atoms with Crippen molar-refractivity contribution in [1.29, 1.82) is 0 Å². The molecule has 0 spiro atoms. The highest BCUT2D eigenvalue weighted by Crippen LogP contribution is 2.22. The molecule has 0 aliphatic heterocycles. The summed E-state index contributed by atoms with van der Waals surface area (Å²) >= 11 is 0. The number of primary sulfonamides is 1. The highest BCUT2D eigenvalue weighted by molar-refractivity contribution is 7.89. The highest BCUT2D eigenvalue weighted by atomic mass is 32.2. The highest BCUT2D eigenvalue weighted by Gasteiger charge is 2.25. The van der Waals surface area contributed by atoms with Crippen molar-refractivity contribution in [3.63, 3.8) is 0 Å². The minimum absolute atomic E-state index is 0.188. The summed E-state index contributed by atoms with van der Waals surface area (Å²) in [6.07, 6.45) is 5.29. The van der Waals surface area contributed by atoms with Crippen molar-refractivity contribution in [2.75, 3.05) is 13.2 Å². The van der Waals surface area contributed by atoms with Crippen LogP contribution in [0.25, 0.3) is 0 Å². The molecule has 0 saturated heterocycles. The number of hydrogen-bond donors (Lipinski definition) is 1. The van der Waals surface area contributed by atoms with Gasteiger partial charge in [-0.1, -0.05) is 19.3 Å². The molecule has 24 heavy (non-hydrogen) atoms. The minimum atomic E-state index is -4.03. The first-order valence-electron chi connectivity index (χ1n) is 7.92. The largest absolute Gasteiger partial charge is 0.450 e. The maximum Gasteiger partial charge on any atom is 0.374 e. The third-order valence-electron chi connectivity index (χ3n) is 4.07. The standard InChI is InChI=1S/C15H22N2O6S/c1-2-17(11-6-4-3-5-7-11)13(18)10-22-15(19)12-8-9-14(23-12)24(16,20)21/h8-9,11H,2-7,10H2,1H3,(H2,16,20,21). The summed E-state index contributed by atoms with van der Waals surface area (Å²) < 4.78 is 32.0. The van der Waals surface area contributed by atoms with E-state index in [0.717, 1.165) is 37.8 Å². The van der Waals surface area contributed by atoms with Crippen LogP contribution in [-0.2, 0) is 19.6 Å². The molecule has 1 fully saturated rings. The van der Waals surface area contributed by atoms with Gasteiger partial charge in [-0.15, -0.1) is 0 Å². The van der Waals surface area contributed by atoms with E-state index in [-0.39, 0.29) is 17.7 Å². The van der Waals surface area contributed by atoms with Crippen molar-refractivity contribution in [1.82, 2.24) is 4.90 Å². The predicted molar refractivity (Wildman–Crippen MR) is 84.6 cm³/mol. The van der Waals surface area contributed by atoms with Crippen LogP contribution in [0.4, 0.5) is 0 Å². The van der Waals surface area contributed by atoms with Crippen molar-refractivity contribution in [3.05, 3.63) is 17.9 Å². The molecule has 1 aromatic heterocycles. The predicted octanol–water partition coefficient (Wildman–Crippen LogP) is 1.26. The summed E-state index contributed by atoms with van der Waals surface area (Å²) in [4.78, 5) is 25.9. The minimum Gasteiger partial charge on any atom is -0.450 e. The molecule has 1 heterocycles. The maximum absolute atomic E-state index is 12.3. The summed E-state index contributed by atoms with van der Waals surface area (Å²) in [5, 5.41) is 4.37. The van der Waals surface area contributed by atoms with Crippen LogP contribution in [0.3, 0.4) is 0 Å². The fourth-order valence-corrected chi connectivity index (χ4v) is 3.36. The van der Waals surface area contributed by atoms with E-state index in [1.807, 2.05) is 6.92 Å². The van der Waals surface area contributed by atoms with E-state index < -0.39 is 27.7 Å². The van der Waals surface area contributed by atoms with Gasteiger partial charge in [0.25, 0.3) is 15.9 Å². The summed E-state index contributed by atoms with van der Waals surface area (Å²) in [6.45, 7) is 2.03. The second kappa shape index (κ2) is 7.80. The lowest BCUT2D eigenvalue weighted by molar-refractivity contribution is -0.137. The average molecular weight is 358 g/mol. The third-order valence-corrected chi connectivity index (χ3v) is 4.85. The number of carbonyl (C=O) groups is 2. The van der Waals surface area contributed by atoms with E-state index in [9.17, 15) is 18.0 Å². The number of nitrogens with zero attached hydrogens (tertiary/aromatic N) is 1. The fourth-order valence-electron chi connectivity index (χ4n) is 2.89. The van der Waals surface area contributed by atoms with Crippen molar-refractivity contribution in [2.24, 2.45) is 5.14 Å². The number of nitrogens with two attached hydrogens (primary N) is 1. The average Bonchev–Trinajstić information content (AvgIpc) is 3.04. The first-order chi connectivity index (χ1) is 11.3. The molecule has 1 aliphatic rings. The van der Waals surface area contributed by atoms with E-state index in [1.54, 1.807) is 4.90 Å². The van der Waals surface area contributed by atoms with Gasteiger partial charge >= 0.3 is 5.97 Å². The molecule has 0 unspecified atom stereocenters. The van der Waals surface area contributed by atoms with E-state index in [2.05, 4.69) is 0 Å². The van der Waals surface area contributed by atoms with Crippen LogP contribution in [0.15, 0.2) is 21.6 Å². The number of carbonyl (C=O) groups excluding carboxylic acids is 2. The summed E-state index contributed by atoms with van der Waals surface area (Å²) in [7, 11) is -4.03. The van der Waals surface area contributed by atoms with Gasteiger partial charge in [-0.25, -0.2) is 18.4 Å². The molecule has 0 bridgehead atoms. The molecule has 134 valence electrons. The molecule has 2 N–H and O–H groups in total. The second-order valence-electron chi connectivity index (χ2n) is 5.71. The molecule has 9 heteroatoms. The number of ether oxygens (including phenoxy) is 1. The number of likely N-dealkylation sites (N-methyl/N-ethyl adjacent to an activating group) is 1. The number of esters is 1. The van der Waals surface area contributed by atoms with Gasteiger partial charge < -0.3 is 14.1 Å². The number of furan rings is 1. The zero-order chi connectivity index (χ0) is 17.7. The Kier molecular flexibility index (Phi) is 6.00. The van der Waals surface area contributed by atoms with E-state index in [1.165, 1.54) is 6.42 Å². The smallest absolute Gasteiger partial charge is 0.374 e. The Morgan fingerprint density at radius 3 is 2.50 bits per heavy atom. The Morgan fingerprint density at radius 2 is 1.96 bits per heavy atom. The lowest BCUT2D eigenvalue weighted by Crippen LogP contribution is -2.43. The topological polar surface area (TPSA) is 120 Å². The Morgan fingerprint density at radius 1 is 1.29 bits per heavy atom. The van der Waals surface area contributed by atoms with Crippen molar-refractivity contribution < 1.29 is 27.2 Å². The molecule has 8 nitrogen and oxygen atoms in total. The maximum atomic E-state index is 12.3. The first-order valence-corrected chi connectivity index (χ1v) is 9.46. The van der Waals surface area contributed by atoms with Crippen LogP contribution in [0.1, 0.15) is 49.6 Å². The fraction of sp³-hybridized carbons (Fsp3) is 0.600. The van der Waals surface area contributed by atoms with Gasteiger partial charge in [0, 0.05) is 12.6 Å². The summed E-state index contributed by atoms with van der Waals surface area (Å²) in [5.74, 6) is -1.48. The van der Waals surface area contributed by atoms with Crippen LogP contribution in [-0.4, -0.2) is 44.4 Å². The molecule has 2 rings (SSSR count). The number of amides is 1. The lowest BCUT2D eigenvalue weighted by Gasteiger charge is -2.33. The van der Waals surface area contributed by atoms with E-state index >= 15 is 0 Å². The number of sulfonamides is 1. The normalized spacial score (nSPS) is 15.9. The van der Waals surface area contributed by atoms with Crippen molar-refractivity contribution in [2.45, 2.75) is 50.2 Å². The third kappa shape index (κ3) is 4.57. The zero-order valence-corrected chi connectivity index (χ0v) is 14.4. The van der Waals surface area contributed by atoms with Gasteiger partial charge in [0.2, 0.25) is 10.9 Å². The molecule has 0 atom stereocenters. The molecule has 0 aromatic carbocycles. The summed E-state index contributed by atoms with van der Waals surface area (Å²) in [6, 6.07) is 2.40. The van der Waals surface area contributed by atoms with Gasteiger partial charge in [0.15, 0.2) is 6.61 Å². The SMILES string of the molecule is CCN(C(=O)COC(=O)c1ccc(S(N)(=O)=O)o1)C1CCCCC1. The van der Waals surface area contributed by atoms with Crippen LogP contribution >= 0.6 is 0 Å². The van der Waals surface area contributed by atoms with Crippen molar-refractivity contribution in [3.8, 4) is 0 Å². The lowest BCUT2D eigenvalue weighted by atomic mass is 9.94. The molecule has 1 amide bonds. The Hall–Kier alpha value is -1.87. The van der Waals surface area contributed by atoms with Gasteiger partial charge in [-0.2, -0.15) is 0 Å². The molecule has 0 radical (unpaired) electrons. The quantitative estimate of drug-likeness (QED) is 0.765. The van der Waals surface area contributed by atoms with Gasteiger partial charge in [0.1, 0.15) is 0 Å². The second-order valence-corrected chi connectivity index (χ2v) is 7.20. The van der Waals surface area contributed by atoms with E-state index in [4.69, 9.17) is 14.3 Å². The molecular formula is C15H22N2O6S. The summed E-state index contributed by atoms with van der Waals surface area (Å²) in [5.41, 5.74) is 0. The van der Waals surface area contributed by atoms with Gasteiger partial charge in [-0.05, 0) is 31.9 Å². The molecular weight excluding hydrogens is 336 g/mol. The molecule has 1 aliphatic carbocycles. The Balaban J connectivity index is 1.92. The van der Waals surface area contributed by atoms with Crippen LogP contribution in [0.5, 0.6) is 0 Å². The first kappa shape index (κ1) is 18.5. The Labute approximate surface area is 141 Å². The number of hydrogen-bond acceptors (Lipinski definition) is 6. The van der Waals surface area contributed by atoms with Crippen molar-refractivity contribution >= 4 is 21.9 Å². The molecule has 1 saturated carbocycles. The van der Waals surface area contributed by atoms with Gasteiger partial charge in [-0.3, -0.25) is 4.79 Å². The van der Waals surface area contributed by atoms with E-state index in [0.29, 0.717) is 6.54 Å². The number of rotatable bonds is 6. The van der Waals surface area contributed by atoms with Crippen LogP contribution < -0.4 is 5.14 Å². The van der Waals surface area contributed by atoms with Crippen LogP contribution in [0, 0.1) is 0 Å². The Bertz CT molecular complexity index is 691. The van der Waals surface area contributed by atoms with Crippen LogP contribution in [0.2, 0.25) is 0 Å². The van der Waals surface area contributed by atoms with Gasteiger partial charge in [0.05, 0.1) is 0 Å².